The first-order chi connectivity index (χ1) is 12.9. The molecule has 2 rings (SSSR count). The maximum absolute atomic E-state index is 12.5. The van der Waals surface area contributed by atoms with E-state index in [-0.39, 0.29) is 12.6 Å². The first-order valence-corrected chi connectivity index (χ1v) is 10.5. The molecule has 1 aliphatic carbocycles. The smallest absolute Gasteiger partial charge is 0.341 e. The molecule has 7 heteroatoms. The van der Waals surface area contributed by atoms with Crippen LogP contribution >= 0.6 is 11.3 Å². The summed E-state index contributed by atoms with van der Waals surface area (Å²) in [6, 6.07) is 0. The van der Waals surface area contributed by atoms with Crippen LogP contribution in [-0.4, -0.2) is 30.6 Å². The zero-order chi connectivity index (χ0) is 20.0. The monoisotopic (exact) mass is 395 g/mol. The fourth-order valence-electron chi connectivity index (χ4n) is 3.10. The summed E-state index contributed by atoms with van der Waals surface area (Å²) in [5.74, 6) is -0.679. The van der Waals surface area contributed by atoms with Crippen LogP contribution in [0.3, 0.4) is 0 Å². The third kappa shape index (κ3) is 5.54. The first-order valence-electron chi connectivity index (χ1n) is 9.69. The number of ether oxygens (including phenoxy) is 2. The molecule has 0 radical (unpaired) electrons. The molecule has 0 bridgehead atoms. The van der Waals surface area contributed by atoms with Gasteiger partial charge in [-0.1, -0.05) is 20.3 Å². The lowest BCUT2D eigenvalue weighted by atomic mass is 9.88. The minimum absolute atomic E-state index is 0.276. The third-order valence-electron chi connectivity index (χ3n) is 4.64. The number of thiophene rings is 1. The normalized spacial score (nSPS) is 17.0. The van der Waals surface area contributed by atoms with Gasteiger partial charge in [-0.05, 0) is 51.0 Å². The van der Waals surface area contributed by atoms with Gasteiger partial charge in [0, 0.05) is 11.3 Å². The Hall–Kier alpha value is -1.89. The van der Waals surface area contributed by atoms with Crippen molar-refractivity contribution in [2.45, 2.75) is 72.3 Å². The van der Waals surface area contributed by atoms with Crippen LogP contribution in [0, 0.1) is 5.92 Å². The number of unbranched alkanes of at least 4 members (excludes halogenated alkanes) is 1. The van der Waals surface area contributed by atoms with Gasteiger partial charge in [0.05, 0.1) is 12.2 Å². The van der Waals surface area contributed by atoms with Crippen molar-refractivity contribution in [2.75, 3.05) is 11.9 Å². The summed E-state index contributed by atoms with van der Waals surface area (Å²) in [6.07, 6.45) is 3.71. The number of amides is 1. The van der Waals surface area contributed by atoms with Gasteiger partial charge in [0.15, 0.2) is 6.10 Å². The van der Waals surface area contributed by atoms with Crippen molar-refractivity contribution in [3.63, 3.8) is 0 Å². The molecule has 1 aromatic heterocycles. The maximum atomic E-state index is 12.5. The third-order valence-corrected chi connectivity index (χ3v) is 5.81. The summed E-state index contributed by atoms with van der Waals surface area (Å²) in [4.78, 5) is 37.8. The molecule has 27 heavy (non-hydrogen) atoms. The van der Waals surface area contributed by atoms with Gasteiger partial charge < -0.3 is 14.8 Å². The molecule has 0 saturated carbocycles. The highest BCUT2D eigenvalue weighted by atomic mass is 32.1. The van der Waals surface area contributed by atoms with E-state index in [1.54, 1.807) is 13.8 Å². The molecule has 1 aromatic rings. The van der Waals surface area contributed by atoms with Gasteiger partial charge in [-0.25, -0.2) is 4.79 Å². The number of rotatable bonds is 8. The van der Waals surface area contributed by atoms with E-state index in [2.05, 4.69) is 12.2 Å². The van der Waals surface area contributed by atoms with Crippen molar-refractivity contribution < 1.29 is 23.9 Å². The van der Waals surface area contributed by atoms with Gasteiger partial charge in [0.2, 0.25) is 0 Å². The van der Waals surface area contributed by atoms with E-state index in [1.165, 1.54) is 11.3 Å². The molecular weight excluding hydrogens is 366 g/mol. The molecule has 2 unspecified atom stereocenters. The highest BCUT2D eigenvalue weighted by Gasteiger charge is 2.30. The molecule has 1 aliphatic rings. The van der Waals surface area contributed by atoms with Gasteiger partial charge >= 0.3 is 11.9 Å². The molecule has 1 amide bonds. The number of anilines is 1. The van der Waals surface area contributed by atoms with E-state index in [9.17, 15) is 14.4 Å². The van der Waals surface area contributed by atoms with E-state index in [0.29, 0.717) is 22.9 Å². The van der Waals surface area contributed by atoms with Crippen LogP contribution in [0.4, 0.5) is 5.00 Å². The van der Waals surface area contributed by atoms with E-state index in [4.69, 9.17) is 9.47 Å². The van der Waals surface area contributed by atoms with E-state index < -0.39 is 18.0 Å². The first kappa shape index (κ1) is 21.4. The van der Waals surface area contributed by atoms with Gasteiger partial charge in [0.1, 0.15) is 5.00 Å². The predicted octanol–water partition coefficient (Wildman–Crippen LogP) is 4.11. The second-order valence-electron chi connectivity index (χ2n) is 7.00. The van der Waals surface area contributed by atoms with Crippen LogP contribution in [-0.2, 0) is 31.9 Å². The average molecular weight is 396 g/mol. The zero-order valence-electron chi connectivity index (χ0n) is 16.6. The minimum Gasteiger partial charge on any atom is -0.462 e. The van der Waals surface area contributed by atoms with Crippen LogP contribution in [0.15, 0.2) is 0 Å². The van der Waals surface area contributed by atoms with Crippen molar-refractivity contribution in [3.05, 3.63) is 16.0 Å². The standard InChI is InChI=1S/C20H29NO5S/c1-5-7-8-16(22)26-13(4)18(23)21-19-17(20(24)25-6-2)14-10-9-12(3)11-15(14)27-19/h12-13H,5-11H2,1-4H3,(H,21,23). The van der Waals surface area contributed by atoms with Gasteiger partial charge in [-0.3, -0.25) is 9.59 Å². The predicted molar refractivity (Wildman–Crippen MR) is 105 cm³/mol. The van der Waals surface area contributed by atoms with Gasteiger partial charge in [-0.15, -0.1) is 11.3 Å². The molecule has 1 N–H and O–H groups in total. The lowest BCUT2D eigenvalue weighted by Gasteiger charge is -2.18. The topological polar surface area (TPSA) is 81.7 Å². The fraction of sp³-hybridized carbons (Fsp3) is 0.650. The molecule has 150 valence electrons. The Morgan fingerprint density at radius 3 is 2.70 bits per heavy atom. The fourth-order valence-corrected chi connectivity index (χ4v) is 4.50. The average Bonchev–Trinajstić information content (AvgIpc) is 2.96. The number of hydrogen-bond acceptors (Lipinski definition) is 6. The summed E-state index contributed by atoms with van der Waals surface area (Å²) in [5.41, 5.74) is 1.45. The molecule has 0 aromatic carbocycles. The second-order valence-corrected chi connectivity index (χ2v) is 8.11. The van der Waals surface area contributed by atoms with Gasteiger partial charge in [-0.2, -0.15) is 0 Å². The summed E-state index contributed by atoms with van der Waals surface area (Å²) >= 11 is 1.43. The Bertz CT molecular complexity index is 697. The quantitative estimate of drug-likeness (QED) is 0.670. The summed E-state index contributed by atoms with van der Waals surface area (Å²) < 4.78 is 10.4. The molecule has 0 aliphatic heterocycles. The second kappa shape index (κ2) is 9.88. The van der Waals surface area contributed by atoms with Crippen molar-refractivity contribution in [1.29, 1.82) is 0 Å². The molecule has 6 nitrogen and oxygen atoms in total. The summed E-state index contributed by atoms with van der Waals surface area (Å²) in [5, 5.41) is 3.28. The highest BCUT2D eigenvalue weighted by molar-refractivity contribution is 7.17. The number of nitrogens with one attached hydrogen (secondary N) is 1. The molecule has 0 spiro atoms. The van der Waals surface area contributed by atoms with Crippen LogP contribution in [0.5, 0.6) is 0 Å². The number of esters is 2. The lowest BCUT2D eigenvalue weighted by Crippen LogP contribution is -2.30. The Morgan fingerprint density at radius 1 is 1.30 bits per heavy atom. The van der Waals surface area contributed by atoms with Crippen molar-refractivity contribution in [3.8, 4) is 0 Å². The summed E-state index contributed by atoms with van der Waals surface area (Å²) in [7, 11) is 0. The van der Waals surface area contributed by atoms with Crippen molar-refractivity contribution >= 4 is 34.2 Å². The van der Waals surface area contributed by atoms with E-state index in [1.807, 2.05) is 6.92 Å². The van der Waals surface area contributed by atoms with Crippen LogP contribution in [0.1, 0.15) is 74.2 Å². The molecule has 0 saturated heterocycles. The van der Waals surface area contributed by atoms with E-state index in [0.717, 1.165) is 42.5 Å². The van der Waals surface area contributed by atoms with Crippen LogP contribution in [0.25, 0.3) is 0 Å². The van der Waals surface area contributed by atoms with E-state index >= 15 is 0 Å². The Kier molecular flexibility index (Phi) is 7.83. The Balaban J connectivity index is 2.15. The van der Waals surface area contributed by atoms with Crippen LogP contribution < -0.4 is 5.32 Å². The van der Waals surface area contributed by atoms with Crippen molar-refractivity contribution in [2.24, 2.45) is 5.92 Å². The minimum atomic E-state index is -0.914. The maximum Gasteiger partial charge on any atom is 0.341 e. The molecule has 1 heterocycles. The summed E-state index contributed by atoms with van der Waals surface area (Å²) in [6.45, 7) is 7.74. The SMILES string of the molecule is CCCCC(=O)OC(C)C(=O)Nc1sc2c(c1C(=O)OCC)CCC(C)C2. The van der Waals surface area contributed by atoms with Crippen LogP contribution in [0.2, 0.25) is 0 Å². The molecular formula is C20H29NO5S. The highest BCUT2D eigenvalue weighted by Crippen LogP contribution is 2.40. The molecule has 2 atom stereocenters. The Labute approximate surface area is 164 Å². The number of fused-ring (bicyclic) bond motifs is 1. The Morgan fingerprint density at radius 2 is 2.04 bits per heavy atom. The number of carbonyl (C=O) groups is 3. The number of carbonyl (C=O) groups excluding carboxylic acids is 3. The van der Waals surface area contributed by atoms with Crippen molar-refractivity contribution in [1.82, 2.24) is 0 Å². The largest absolute Gasteiger partial charge is 0.462 e. The molecule has 0 fully saturated rings. The van der Waals surface area contributed by atoms with Gasteiger partial charge in [0.25, 0.3) is 5.91 Å². The number of hydrogen-bond donors (Lipinski definition) is 1. The lowest BCUT2D eigenvalue weighted by molar-refractivity contribution is -0.153. The zero-order valence-corrected chi connectivity index (χ0v) is 17.4.